The summed E-state index contributed by atoms with van der Waals surface area (Å²) in [4.78, 5) is 19.4. The first-order valence-electron chi connectivity index (χ1n) is 12.4. The Hall–Kier alpha value is -2.84. The molecule has 1 N–H and O–H groups in total. The number of halogens is 3. The number of ether oxygens (including phenoxy) is 2. The Bertz CT molecular complexity index is 1540. The van der Waals surface area contributed by atoms with Gasteiger partial charge in [-0.2, -0.15) is 0 Å². The van der Waals surface area contributed by atoms with E-state index in [-0.39, 0.29) is 12.5 Å². The minimum atomic E-state index is -0.129. The van der Waals surface area contributed by atoms with Gasteiger partial charge in [0.25, 0.3) is 5.91 Å². The van der Waals surface area contributed by atoms with Crippen molar-refractivity contribution in [2.75, 3.05) is 12.4 Å². The van der Waals surface area contributed by atoms with Gasteiger partial charge in [0.1, 0.15) is 11.6 Å². The molecule has 1 heterocycles. The number of thiophene rings is 1. The predicted molar refractivity (Wildman–Crippen MR) is 164 cm³/mol. The highest BCUT2D eigenvalue weighted by Gasteiger charge is 2.25. The van der Waals surface area contributed by atoms with Crippen LogP contribution in [0.4, 0.5) is 10.7 Å². The number of carbonyl (C=O) groups is 1. The number of methoxy groups -OCH3 is 1. The van der Waals surface area contributed by atoms with E-state index in [1.165, 1.54) is 4.88 Å². The predicted octanol–water partition coefficient (Wildman–Crippen LogP) is 9.29. The van der Waals surface area contributed by atoms with Gasteiger partial charge in [-0.25, -0.2) is 4.99 Å². The Morgan fingerprint density at radius 3 is 2.67 bits per heavy atom. The molecule has 9 heteroatoms. The van der Waals surface area contributed by atoms with Crippen LogP contribution in [0.1, 0.15) is 44.8 Å². The van der Waals surface area contributed by atoms with Crippen molar-refractivity contribution < 1.29 is 14.3 Å². The number of nitrogens with zero attached hydrogens (tertiary/aromatic N) is 1. The average molecular weight is 644 g/mol. The molecular formula is C30H25BrCl2N2O3S. The number of benzene rings is 3. The lowest BCUT2D eigenvalue weighted by atomic mass is 9.95. The summed E-state index contributed by atoms with van der Waals surface area (Å²) >= 11 is 17.5. The molecule has 5 nitrogen and oxygen atoms in total. The molecule has 1 aliphatic carbocycles. The summed E-state index contributed by atoms with van der Waals surface area (Å²) in [5.74, 6) is 0.967. The molecule has 0 fully saturated rings. The lowest BCUT2D eigenvalue weighted by Gasteiger charge is -2.14. The van der Waals surface area contributed by atoms with Crippen molar-refractivity contribution in [1.29, 1.82) is 0 Å². The van der Waals surface area contributed by atoms with Gasteiger partial charge in [0, 0.05) is 32.4 Å². The van der Waals surface area contributed by atoms with Gasteiger partial charge < -0.3 is 14.8 Å². The summed E-state index contributed by atoms with van der Waals surface area (Å²) in [7, 11) is 1.59. The maximum atomic E-state index is 13.4. The number of nitrogens with one attached hydrogen (secondary N) is 1. The lowest BCUT2D eigenvalue weighted by Crippen LogP contribution is -2.14. The number of carbonyl (C=O) groups excluding carboxylic acids is 1. The van der Waals surface area contributed by atoms with Crippen LogP contribution < -0.4 is 14.8 Å². The highest BCUT2D eigenvalue weighted by atomic mass is 79.9. The fourth-order valence-corrected chi connectivity index (χ4v) is 6.74. The fraction of sp³-hybridized carbons (Fsp3) is 0.200. The third kappa shape index (κ3) is 6.49. The molecule has 0 atom stereocenters. The second-order valence-corrected chi connectivity index (χ2v) is 11.8. The fourth-order valence-electron chi connectivity index (χ4n) is 4.47. The van der Waals surface area contributed by atoms with E-state index in [0.717, 1.165) is 48.1 Å². The van der Waals surface area contributed by atoms with Crippen LogP contribution in [0.3, 0.4) is 0 Å². The molecule has 0 saturated heterocycles. The highest BCUT2D eigenvalue weighted by Crippen LogP contribution is 2.41. The number of para-hydroxylation sites is 1. The Morgan fingerprint density at radius 1 is 1.10 bits per heavy atom. The zero-order valence-electron chi connectivity index (χ0n) is 21.1. The number of fused-ring (bicyclic) bond motifs is 1. The van der Waals surface area contributed by atoms with Crippen molar-refractivity contribution in [3.63, 3.8) is 0 Å². The molecule has 1 aliphatic rings. The van der Waals surface area contributed by atoms with Crippen LogP contribution in [-0.2, 0) is 19.4 Å². The topological polar surface area (TPSA) is 59.9 Å². The first kappa shape index (κ1) is 27.7. The highest BCUT2D eigenvalue weighted by molar-refractivity contribution is 9.10. The summed E-state index contributed by atoms with van der Waals surface area (Å²) in [5, 5.41) is 4.85. The lowest BCUT2D eigenvalue weighted by molar-refractivity contribution is 0.102. The first-order valence-corrected chi connectivity index (χ1v) is 14.8. The summed E-state index contributed by atoms with van der Waals surface area (Å²) < 4.78 is 12.4. The number of anilines is 1. The van der Waals surface area contributed by atoms with Crippen molar-refractivity contribution in [1.82, 2.24) is 0 Å². The van der Waals surface area contributed by atoms with E-state index in [2.05, 4.69) is 21.2 Å². The van der Waals surface area contributed by atoms with Gasteiger partial charge >= 0.3 is 0 Å². The van der Waals surface area contributed by atoms with Crippen LogP contribution in [0.5, 0.6) is 11.5 Å². The Kier molecular flexibility index (Phi) is 8.92. The molecule has 39 heavy (non-hydrogen) atoms. The normalized spacial score (nSPS) is 12.8. The van der Waals surface area contributed by atoms with E-state index in [4.69, 9.17) is 37.7 Å². The summed E-state index contributed by atoms with van der Waals surface area (Å²) in [6, 6.07) is 18.5. The molecule has 0 spiro atoms. The van der Waals surface area contributed by atoms with Crippen molar-refractivity contribution in [3.8, 4) is 11.5 Å². The number of aryl methyl sites for hydroxylation is 1. The molecule has 1 amide bonds. The Balaban J connectivity index is 1.41. The van der Waals surface area contributed by atoms with Gasteiger partial charge in [0.2, 0.25) is 0 Å². The van der Waals surface area contributed by atoms with Gasteiger partial charge in [-0.05, 0) is 89.1 Å². The van der Waals surface area contributed by atoms with E-state index < -0.39 is 0 Å². The van der Waals surface area contributed by atoms with Gasteiger partial charge in [-0.15, -0.1) is 11.3 Å². The summed E-state index contributed by atoms with van der Waals surface area (Å²) in [6.45, 7) is 0.249. The van der Waals surface area contributed by atoms with Crippen LogP contribution in [0.25, 0.3) is 0 Å². The number of aliphatic imine (C=N–C) groups is 1. The number of amides is 1. The number of hydrogen-bond donors (Lipinski definition) is 1. The van der Waals surface area contributed by atoms with E-state index in [1.807, 2.05) is 48.5 Å². The van der Waals surface area contributed by atoms with E-state index in [9.17, 15) is 4.79 Å². The molecule has 4 aromatic rings. The van der Waals surface area contributed by atoms with Crippen molar-refractivity contribution >= 4 is 73.3 Å². The van der Waals surface area contributed by atoms with Crippen LogP contribution in [0.2, 0.25) is 10.0 Å². The molecule has 5 rings (SSSR count). The van der Waals surface area contributed by atoms with E-state index >= 15 is 0 Å². The minimum absolute atomic E-state index is 0.129. The van der Waals surface area contributed by atoms with Crippen molar-refractivity contribution in [3.05, 3.63) is 102 Å². The molecule has 0 aliphatic heterocycles. The second-order valence-electron chi connectivity index (χ2n) is 9.03. The Morgan fingerprint density at radius 2 is 1.90 bits per heavy atom. The average Bonchev–Trinajstić information content (AvgIpc) is 3.31. The van der Waals surface area contributed by atoms with Gasteiger partial charge in [0.15, 0.2) is 11.5 Å². The van der Waals surface area contributed by atoms with Crippen molar-refractivity contribution in [2.24, 2.45) is 4.99 Å². The van der Waals surface area contributed by atoms with Gasteiger partial charge in [-0.1, -0.05) is 47.5 Å². The standard InChI is InChI=1S/C30H25BrCl2N2O3S/c1-37-25-14-18(13-23(31)28(25)38-17-19-11-12-20(32)15-24(19)33)16-34-30-27(22-9-5-6-10-26(22)39-30)29(36)35-21-7-3-2-4-8-21/h2-4,7-8,11-16H,5-6,9-10,17H2,1H3,(H,35,36). The smallest absolute Gasteiger partial charge is 0.259 e. The molecule has 0 saturated carbocycles. The first-order chi connectivity index (χ1) is 18.9. The molecule has 1 aromatic heterocycles. The Labute approximate surface area is 249 Å². The molecule has 200 valence electrons. The van der Waals surface area contributed by atoms with E-state index in [0.29, 0.717) is 36.6 Å². The zero-order valence-corrected chi connectivity index (χ0v) is 25.0. The van der Waals surface area contributed by atoms with Crippen LogP contribution in [0, 0.1) is 0 Å². The minimum Gasteiger partial charge on any atom is -0.493 e. The zero-order chi connectivity index (χ0) is 27.4. The molecule has 0 unspecified atom stereocenters. The summed E-state index contributed by atoms with van der Waals surface area (Å²) in [5.41, 5.74) is 4.16. The molecule has 3 aromatic carbocycles. The molecule has 0 radical (unpaired) electrons. The number of hydrogen-bond acceptors (Lipinski definition) is 5. The van der Waals surface area contributed by atoms with Crippen molar-refractivity contribution in [2.45, 2.75) is 32.3 Å². The van der Waals surface area contributed by atoms with Crippen LogP contribution in [0.15, 0.2) is 70.1 Å². The van der Waals surface area contributed by atoms with Crippen LogP contribution in [-0.4, -0.2) is 19.2 Å². The van der Waals surface area contributed by atoms with E-state index in [1.54, 1.807) is 36.8 Å². The quantitative estimate of drug-likeness (QED) is 0.195. The maximum absolute atomic E-state index is 13.4. The van der Waals surface area contributed by atoms with Gasteiger partial charge in [0.05, 0.1) is 17.1 Å². The monoisotopic (exact) mass is 642 g/mol. The molecular weight excluding hydrogens is 619 g/mol. The van der Waals surface area contributed by atoms with Gasteiger partial charge in [-0.3, -0.25) is 4.79 Å². The van der Waals surface area contributed by atoms with Crippen LogP contribution >= 0.6 is 50.5 Å². The largest absolute Gasteiger partial charge is 0.493 e. The second kappa shape index (κ2) is 12.6. The SMILES string of the molecule is COc1cc(C=Nc2sc3c(c2C(=O)Nc2ccccc2)CCCC3)cc(Br)c1OCc1ccc(Cl)cc1Cl. The third-order valence-corrected chi connectivity index (χ3v) is 8.76. The summed E-state index contributed by atoms with van der Waals surface area (Å²) in [6.07, 6.45) is 5.82. The number of rotatable bonds is 8. The third-order valence-electron chi connectivity index (χ3n) is 6.38. The maximum Gasteiger partial charge on any atom is 0.259 e. The molecule has 0 bridgehead atoms.